The number of hydrogen-bond acceptors (Lipinski definition) is 7. The molecule has 0 radical (unpaired) electrons. The summed E-state index contributed by atoms with van der Waals surface area (Å²) in [5.74, 6) is 0.771. The van der Waals surface area contributed by atoms with Crippen molar-refractivity contribution in [2.45, 2.75) is 45.4 Å². The molecule has 3 aromatic rings. The highest BCUT2D eigenvalue weighted by atomic mass is 32.1. The fourth-order valence-corrected chi connectivity index (χ4v) is 4.46. The average molecular weight is 396 g/mol. The Balaban J connectivity index is 1.44. The predicted molar refractivity (Wildman–Crippen MR) is 112 cm³/mol. The molecule has 0 unspecified atom stereocenters. The molecule has 28 heavy (non-hydrogen) atoms. The van der Waals surface area contributed by atoms with Crippen molar-refractivity contribution in [3.05, 3.63) is 42.9 Å². The molecule has 0 atom stereocenters. The zero-order valence-corrected chi connectivity index (χ0v) is 16.9. The van der Waals surface area contributed by atoms with Crippen LogP contribution in [0.5, 0.6) is 6.01 Å². The molecule has 146 valence electrons. The quantitative estimate of drug-likeness (QED) is 0.571. The minimum absolute atomic E-state index is 0.280. The third-order valence-electron chi connectivity index (χ3n) is 5.46. The summed E-state index contributed by atoms with van der Waals surface area (Å²) in [6, 6.07) is 8.07. The van der Waals surface area contributed by atoms with Crippen LogP contribution >= 0.6 is 11.3 Å². The van der Waals surface area contributed by atoms with E-state index in [9.17, 15) is 0 Å². The van der Waals surface area contributed by atoms with Gasteiger partial charge >= 0.3 is 6.01 Å². The molecule has 1 aliphatic carbocycles. The molecule has 1 fully saturated rings. The standard InChI is InChI=1S/C21H25N5OS/c1-2-21(10-5-3-6-11-21)15-27-19-23-13-9-16(25-19)17-14-24-20(28-17)26-18-8-4-7-12-22-18/h4,7-9,12-14H,2-3,5-6,10-11,15H2,1H3,(H,22,24,26). The molecule has 0 aliphatic heterocycles. The van der Waals surface area contributed by atoms with Gasteiger partial charge in [-0.1, -0.05) is 43.6 Å². The van der Waals surface area contributed by atoms with Gasteiger partial charge in [-0.3, -0.25) is 0 Å². The van der Waals surface area contributed by atoms with Gasteiger partial charge in [-0.05, 0) is 37.5 Å². The molecule has 3 heterocycles. The Bertz CT molecular complexity index is 893. The van der Waals surface area contributed by atoms with E-state index in [0.717, 1.165) is 27.9 Å². The Morgan fingerprint density at radius 2 is 1.96 bits per heavy atom. The Kier molecular flexibility index (Phi) is 5.81. The van der Waals surface area contributed by atoms with E-state index < -0.39 is 0 Å². The summed E-state index contributed by atoms with van der Waals surface area (Å²) in [5, 5.41) is 3.99. The van der Waals surface area contributed by atoms with E-state index >= 15 is 0 Å². The molecule has 1 aliphatic rings. The lowest BCUT2D eigenvalue weighted by molar-refractivity contribution is 0.0866. The van der Waals surface area contributed by atoms with Crippen molar-refractivity contribution in [3.63, 3.8) is 0 Å². The lowest BCUT2D eigenvalue weighted by Gasteiger charge is -2.35. The van der Waals surface area contributed by atoms with E-state index in [1.807, 2.05) is 30.5 Å². The largest absolute Gasteiger partial charge is 0.463 e. The molecule has 0 saturated heterocycles. The molecule has 0 bridgehead atoms. The minimum atomic E-state index is 0.280. The van der Waals surface area contributed by atoms with Crippen molar-refractivity contribution in [3.8, 4) is 16.6 Å². The van der Waals surface area contributed by atoms with Crippen molar-refractivity contribution < 1.29 is 4.74 Å². The first-order valence-corrected chi connectivity index (χ1v) is 10.7. The van der Waals surface area contributed by atoms with Crippen molar-refractivity contribution in [1.29, 1.82) is 0 Å². The third-order valence-corrected chi connectivity index (χ3v) is 6.40. The van der Waals surface area contributed by atoms with Gasteiger partial charge in [-0.15, -0.1) is 0 Å². The number of anilines is 2. The fraction of sp³-hybridized carbons (Fsp3) is 0.429. The minimum Gasteiger partial charge on any atom is -0.463 e. The molecule has 0 amide bonds. The molecule has 0 spiro atoms. The highest BCUT2D eigenvalue weighted by molar-refractivity contribution is 7.18. The van der Waals surface area contributed by atoms with Gasteiger partial charge in [0.05, 0.1) is 17.2 Å². The lowest BCUT2D eigenvalue weighted by atomic mass is 9.73. The smallest absolute Gasteiger partial charge is 0.316 e. The van der Waals surface area contributed by atoms with Gasteiger partial charge in [0.2, 0.25) is 0 Å². The van der Waals surface area contributed by atoms with Crippen LogP contribution in [0.2, 0.25) is 0 Å². The molecule has 0 aromatic carbocycles. The number of nitrogens with one attached hydrogen (secondary N) is 1. The highest BCUT2D eigenvalue weighted by Gasteiger charge is 2.31. The molecule has 4 rings (SSSR count). The number of thiazole rings is 1. The third kappa shape index (κ3) is 4.47. The van der Waals surface area contributed by atoms with Gasteiger partial charge in [0, 0.05) is 24.0 Å². The van der Waals surface area contributed by atoms with Crippen LogP contribution in [0.3, 0.4) is 0 Å². The van der Waals surface area contributed by atoms with Gasteiger partial charge in [0.25, 0.3) is 0 Å². The summed E-state index contributed by atoms with van der Waals surface area (Å²) in [7, 11) is 0. The van der Waals surface area contributed by atoms with Crippen molar-refractivity contribution in [1.82, 2.24) is 19.9 Å². The van der Waals surface area contributed by atoms with Crippen LogP contribution in [0, 0.1) is 5.41 Å². The molecular formula is C21H25N5OS. The second-order valence-electron chi connectivity index (χ2n) is 7.30. The van der Waals surface area contributed by atoms with Crippen molar-refractivity contribution in [2.24, 2.45) is 5.41 Å². The first-order chi connectivity index (χ1) is 13.8. The Hall–Kier alpha value is -2.54. The number of hydrogen-bond donors (Lipinski definition) is 1. The van der Waals surface area contributed by atoms with Crippen LogP contribution in [0.4, 0.5) is 10.9 Å². The first-order valence-electron chi connectivity index (χ1n) is 9.86. The van der Waals surface area contributed by atoms with Crippen LogP contribution in [0.1, 0.15) is 45.4 Å². The summed E-state index contributed by atoms with van der Waals surface area (Å²) in [6.45, 7) is 2.96. The van der Waals surface area contributed by atoms with E-state index in [0.29, 0.717) is 12.6 Å². The molecular weight excluding hydrogens is 370 g/mol. The SMILES string of the molecule is CCC1(COc2nccc(-c3cnc(Nc4ccccn4)s3)n2)CCCCC1. The highest BCUT2D eigenvalue weighted by Crippen LogP contribution is 2.39. The maximum Gasteiger partial charge on any atom is 0.316 e. The van der Waals surface area contributed by atoms with E-state index in [4.69, 9.17) is 4.74 Å². The Morgan fingerprint density at radius 1 is 1.07 bits per heavy atom. The number of ether oxygens (including phenoxy) is 1. The number of rotatable bonds is 7. The van der Waals surface area contributed by atoms with Crippen LogP contribution in [0.15, 0.2) is 42.9 Å². The second-order valence-corrected chi connectivity index (χ2v) is 8.33. The van der Waals surface area contributed by atoms with Crippen LogP contribution in [-0.4, -0.2) is 26.5 Å². The second kappa shape index (κ2) is 8.65. The number of nitrogens with zero attached hydrogens (tertiary/aromatic N) is 4. The summed E-state index contributed by atoms with van der Waals surface area (Å²) >= 11 is 1.53. The van der Waals surface area contributed by atoms with E-state index in [2.05, 4.69) is 32.2 Å². The van der Waals surface area contributed by atoms with Gasteiger partial charge in [0.15, 0.2) is 5.13 Å². The maximum atomic E-state index is 6.04. The normalized spacial score (nSPS) is 15.9. The van der Waals surface area contributed by atoms with Crippen LogP contribution in [0.25, 0.3) is 10.6 Å². The average Bonchev–Trinajstić information content (AvgIpc) is 3.22. The molecule has 6 nitrogen and oxygen atoms in total. The van der Waals surface area contributed by atoms with Gasteiger partial charge in [0.1, 0.15) is 5.82 Å². The topological polar surface area (TPSA) is 72.8 Å². The molecule has 1 saturated carbocycles. The van der Waals surface area contributed by atoms with Gasteiger partial charge in [-0.25, -0.2) is 15.0 Å². The zero-order valence-electron chi connectivity index (χ0n) is 16.1. The van der Waals surface area contributed by atoms with Crippen molar-refractivity contribution >= 4 is 22.3 Å². The zero-order chi connectivity index (χ0) is 19.2. The Labute approximate surface area is 169 Å². The molecule has 3 aromatic heterocycles. The van der Waals surface area contributed by atoms with E-state index in [1.165, 1.54) is 43.4 Å². The van der Waals surface area contributed by atoms with Crippen molar-refractivity contribution in [2.75, 3.05) is 11.9 Å². The summed E-state index contributed by atoms with van der Waals surface area (Å²) in [4.78, 5) is 18.6. The van der Waals surface area contributed by atoms with Gasteiger partial charge < -0.3 is 10.1 Å². The van der Waals surface area contributed by atoms with E-state index in [1.54, 1.807) is 12.4 Å². The maximum absolute atomic E-state index is 6.04. The van der Waals surface area contributed by atoms with Crippen LogP contribution < -0.4 is 10.1 Å². The number of pyridine rings is 1. The number of aromatic nitrogens is 4. The summed E-state index contributed by atoms with van der Waals surface area (Å²) in [6.07, 6.45) is 12.9. The first kappa shape index (κ1) is 18.8. The molecule has 1 N–H and O–H groups in total. The Morgan fingerprint density at radius 3 is 2.75 bits per heavy atom. The van der Waals surface area contributed by atoms with Gasteiger partial charge in [-0.2, -0.15) is 4.98 Å². The lowest BCUT2D eigenvalue weighted by Crippen LogP contribution is -2.30. The summed E-state index contributed by atoms with van der Waals surface area (Å²) < 4.78 is 6.04. The summed E-state index contributed by atoms with van der Waals surface area (Å²) in [5.41, 5.74) is 1.10. The predicted octanol–water partition coefficient (Wildman–Crippen LogP) is 5.48. The fourth-order valence-electron chi connectivity index (χ4n) is 3.66. The van der Waals surface area contributed by atoms with E-state index in [-0.39, 0.29) is 5.41 Å². The van der Waals surface area contributed by atoms with Crippen LogP contribution in [-0.2, 0) is 0 Å². The molecule has 7 heteroatoms. The monoisotopic (exact) mass is 395 g/mol.